The molecule has 1 aromatic heterocycles. The van der Waals surface area contributed by atoms with Crippen molar-refractivity contribution in [2.24, 2.45) is 0 Å². The molecule has 0 saturated carbocycles. The molecule has 2 aliphatic rings. The molecule has 0 aliphatic carbocycles. The first kappa shape index (κ1) is 24.2. The van der Waals surface area contributed by atoms with Crippen LogP contribution in [0.25, 0.3) is 5.41 Å². The second-order valence-electron chi connectivity index (χ2n) is 8.29. The van der Waals surface area contributed by atoms with Crippen LogP contribution in [0.5, 0.6) is 5.75 Å². The third-order valence-electron chi connectivity index (χ3n) is 5.58. The monoisotopic (exact) mass is 450 g/mol. The average Bonchev–Trinajstić information content (AvgIpc) is 3.19. The molecule has 0 unspecified atom stereocenters. The number of amides is 2. The van der Waals surface area contributed by atoms with Crippen LogP contribution in [0.2, 0.25) is 0 Å². The number of ether oxygens (including phenoxy) is 1. The highest BCUT2D eigenvalue weighted by Gasteiger charge is 2.24. The number of hydrogen-bond acceptors (Lipinski definition) is 5. The zero-order valence-electron chi connectivity index (χ0n) is 19.5. The van der Waals surface area contributed by atoms with Crippen LogP contribution in [-0.2, 0) is 4.79 Å². The number of anilines is 1. The van der Waals surface area contributed by atoms with Crippen molar-refractivity contribution in [1.82, 2.24) is 15.2 Å². The van der Waals surface area contributed by atoms with Crippen LogP contribution in [0.15, 0.2) is 48.3 Å². The third kappa shape index (κ3) is 6.31. The number of fused-ring (bicyclic) bond motifs is 1. The summed E-state index contributed by atoms with van der Waals surface area (Å²) in [5, 5.41) is 12.7. The molecule has 33 heavy (non-hydrogen) atoms. The fourth-order valence-electron chi connectivity index (χ4n) is 3.87. The van der Waals surface area contributed by atoms with Crippen LogP contribution in [0.3, 0.4) is 0 Å². The molecule has 0 atom stereocenters. The number of nitrogens with zero attached hydrogens (tertiary/aromatic N) is 4. The van der Waals surface area contributed by atoms with Gasteiger partial charge in [-0.1, -0.05) is 31.3 Å². The van der Waals surface area contributed by atoms with Crippen LogP contribution in [0, 0.1) is 0 Å². The number of nitrogens with one attached hydrogen (secondary N) is 1. The number of likely N-dealkylation sites (tertiary alicyclic amines) is 1. The summed E-state index contributed by atoms with van der Waals surface area (Å²) >= 11 is 0. The van der Waals surface area contributed by atoms with Crippen molar-refractivity contribution < 1.29 is 14.3 Å². The fraction of sp³-hybridized carbons (Fsp3) is 0.440. The van der Waals surface area contributed by atoms with Gasteiger partial charge in [0.1, 0.15) is 0 Å². The molecule has 3 heterocycles. The molecule has 0 bridgehead atoms. The largest absolute Gasteiger partial charge is 0.490 e. The summed E-state index contributed by atoms with van der Waals surface area (Å²) in [5.41, 5.74) is 1.43. The summed E-state index contributed by atoms with van der Waals surface area (Å²) in [6.45, 7) is 9.62. The molecule has 1 aromatic rings. The van der Waals surface area contributed by atoms with Crippen LogP contribution >= 0.6 is 0 Å². The highest BCUT2D eigenvalue weighted by atomic mass is 16.5. The second kappa shape index (κ2) is 11.4. The van der Waals surface area contributed by atoms with Gasteiger partial charge in [0.05, 0.1) is 12.2 Å². The second-order valence-corrected chi connectivity index (χ2v) is 8.29. The summed E-state index contributed by atoms with van der Waals surface area (Å²) in [6, 6.07) is 1.76. The summed E-state index contributed by atoms with van der Waals surface area (Å²) in [5.74, 6) is 0.301. The van der Waals surface area contributed by atoms with Gasteiger partial charge in [-0.3, -0.25) is 9.59 Å². The van der Waals surface area contributed by atoms with Gasteiger partial charge in [-0.2, -0.15) is 0 Å². The molecule has 176 valence electrons. The highest BCUT2D eigenvalue weighted by molar-refractivity contribution is 6.11. The molecule has 1 fully saturated rings. The van der Waals surface area contributed by atoms with E-state index in [0.717, 1.165) is 45.2 Å². The zero-order valence-corrected chi connectivity index (χ0v) is 19.5. The van der Waals surface area contributed by atoms with E-state index in [0.29, 0.717) is 41.6 Å². The quantitative estimate of drug-likeness (QED) is 0.318. The Bertz CT molecular complexity index is 974. The Kier molecular flexibility index (Phi) is 8.40. The predicted molar refractivity (Wildman–Crippen MR) is 130 cm³/mol. The molecule has 3 rings (SSSR count). The van der Waals surface area contributed by atoms with Crippen LogP contribution in [0.1, 0.15) is 56.3 Å². The molecule has 0 aromatic carbocycles. The van der Waals surface area contributed by atoms with E-state index in [-0.39, 0.29) is 11.7 Å². The van der Waals surface area contributed by atoms with Gasteiger partial charge in [0.2, 0.25) is 0 Å². The van der Waals surface area contributed by atoms with Crippen LogP contribution in [-0.4, -0.2) is 53.8 Å². The van der Waals surface area contributed by atoms with E-state index in [1.165, 1.54) is 6.08 Å². The fourth-order valence-corrected chi connectivity index (χ4v) is 3.87. The van der Waals surface area contributed by atoms with E-state index in [2.05, 4.69) is 16.9 Å². The van der Waals surface area contributed by atoms with Gasteiger partial charge in [-0.15, -0.1) is 0 Å². The van der Waals surface area contributed by atoms with Crippen molar-refractivity contribution in [2.75, 3.05) is 31.1 Å². The van der Waals surface area contributed by atoms with Gasteiger partial charge in [-0.25, -0.2) is 4.98 Å². The molecule has 8 heteroatoms. The molecule has 2 amide bonds. The van der Waals surface area contributed by atoms with Crippen molar-refractivity contribution in [1.29, 1.82) is 0 Å². The lowest BCUT2D eigenvalue weighted by Gasteiger charge is -2.26. The number of aromatic nitrogens is 1. The normalized spacial score (nSPS) is 17.0. The van der Waals surface area contributed by atoms with E-state index in [4.69, 9.17) is 4.74 Å². The van der Waals surface area contributed by atoms with E-state index < -0.39 is 5.91 Å². The van der Waals surface area contributed by atoms with Gasteiger partial charge < -0.3 is 25.3 Å². The van der Waals surface area contributed by atoms with Gasteiger partial charge in [0, 0.05) is 31.5 Å². The first-order valence-corrected chi connectivity index (χ1v) is 11.5. The van der Waals surface area contributed by atoms with Gasteiger partial charge in [0.15, 0.2) is 17.5 Å². The minimum absolute atomic E-state index is 0.0238. The Balaban J connectivity index is 1.89. The van der Waals surface area contributed by atoms with E-state index in [9.17, 15) is 15.0 Å². The number of carbonyl (C=O) groups excluding carboxylic acids is 2. The van der Waals surface area contributed by atoms with Crippen molar-refractivity contribution in [3.05, 3.63) is 59.3 Å². The Morgan fingerprint density at radius 1 is 1.18 bits per heavy atom. The van der Waals surface area contributed by atoms with Gasteiger partial charge in [-0.05, 0) is 56.9 Å². The molecule has 2 aliphatic heterocycles. The van der Waals surface area contributed by atoms with Crippen LogP contribution < -0.4 is 15.0 Å². The summed E-state index contributed by atoms with van der Waals surface area (Å²) in [4.78, 5) is 33.3. The molecule has 8 nitrogen and oxygen atoms in total. The van der Waals surface area contributed by atoms with Crippen LogP contribution in [0.4, 0.5) is 5.82 Å². The molecule has 0 spiro atoms. The first-order chi connectivity index (χ1) is 15.9. The number of allylic oxidation sites excluding steroid dienone is 2. The van der Waals surface area contributed by atoms with Crippen molar-refractivity contribution in [3.8, 4) is 5.75 Å². The Morgan fingerprint density at radius 3 is 2.58 bits per heavy atom. The number of amidine groups is 1. The molecule has 0 radical (unpaired) electrons. The molecular weight excluding hydrogens is 418 g/mol. The van der Waals surface area contributed by atoms with Crippen molar-refractivity contribution >= 4 is 23.5 Å². The van der Waals surface area contributed by atoms with Gasteiger partial charge >= 0.3 is 0 Å². The molecular formula is C25H32N5O3-. The van der Waals surface area contributed by atoms with Crippen molar-refractivity contribution in [3.63, 3.8) is 0 Å². The molecule has 1 N–H and O–H groups in total. The lowest BCUT2D eigenvalue weighted by molar-refractivity contribution is -0.116. The maximum Gasteiger partial charge on any atom is 0.255 e. The first-order valence-electron chi connectivity index (χ1n) is 11.5. The lowest BCUT2D eigenvalue weighted by atomic mass is 10.2. The average molecular weight is 451 g/mol. The maximum atomic E-state index is 13.1. The van der Waals surface area contributed by atoms with Crippen molar-refractivity contribution in [2.45, 2.75) is 46.0 Å². The Labute approximate surface area is 195 Å². The summed E-state index contributed by atoms with van der Waals surface area (Å²) in [6.07, 6.45) is 11.8. The Hall–Kier alpha value is -3.42. The number of rotatable bonds is 5. The number of pyridine rings is 1. The minimum Gasteiger partial charge on any atom is -0.490 e. The third-order valence-corrected chi connectivity index (χ3v) is 5.58. The standard InChI is InChI=1S/C25H32N5O3/c1-4-10-20(16-22(26)28-24(31)18(2)3)30-13-9-14-33-21-15-19(17-27-23(21)30)25(32)29-11-7-5-6-8-12-29/h4,10,15-17H,2,5-9,11-14H2,1,3H3,(H-,26,28,31)/q-1/b10-4-,20-16+. The predicted octanol–water partition coefficient (Wildman–Crippen LogP) is 3.81. The minimum atomic E-state index is -0.460. The maximum absolute atomic E-state index is 13.1. The van der Waals surface area contributed by atoms with Gasteiger partial charge in [0.25, 0.3) is 5.91 Å². The SMILES string of the molecule is C=C(C)C(=O)NC(=[N-])/C=C(\C=C/C)N1CCCOc2cc(C(=O)N3CCCCCC3)cnc21. The zero-order chi connectivity index (χ0) is 23.8. The van der Waals surface area contributed by atoms with E-state index >= 15 is 0 Å². The Morgan fingerprint density at radius 2 is 1.91 bits per heavy atom. The smallest absolute Gasteiger partial charge is 0.255 e. The highest BCUT2D eigenvalue weighted by Crippen LogP contribution is 2.33. The topological polar surface area (TPSA) is 97.1 Å². The van der Waals surface area contributed by atoms with E-state index in [1.807, 2.05) is 28.9 Å². The summed E-state index contributed by atoms with van der Waals surface area (Å²) in [7, 11) is 0. The van der Waals surface area contributed by atoms with E-state index in [1.54, 1.807) is 19.2 Å². The lowest BCUT2D eigenvalue weighted by Crippen LogP contribution is -2.32. The summed E-state index contributed by atoms with van der Waals surface area (Å²) < 4.78 is 5.93. The molecule has 1 saturated heterocycles. The number of carbonyl (C=O) groups is 2. The number of hydrogen-bond donors (Lipinski definition) is 1.